The Bertz CT molecular complexity index is 496. The van der Waals surface area contributed by atoms with Crippen LogP contribution in [0, 0.1) is 6.92 Å². The van der Waals surface area contributed by atoms with Gasteiger partial charge >= 0.3 is 0 Å². The van der Waals surface area contributed by atoms with Gasteiger partial charge < -0.3 is 4.90 Å². The van der Waals surface area contributed by atoms with E-state index in [0.29, 0.717) is 5.92 Å². The van der Waals surface area contributed by atoms with E-state index in [0.717, 1.165) is 13.1 Å². The number of piperidine rings is 1. The SMILES string of the molecule is Cc1cccc(C2CCN(c3cn[nH]c3)CC2)c1. The van der Waals surface area contributed by atoms with E-state index in [2.05, 4.69) is 46.3 Å². The lowest BCUT2D eigenvalue weighted by Gasteiger charge is -2.32. The smallest absolute Gasteiger partial charge is 0.0749 e. The van der Waals surface area contributed by atoms with E-state index in [4.69, 9.17) is 0 Å². The van der Waals surface area contributed by atoms with Gasteiger partial charge in [-0.2, -0.15) is 5.10 Å². The lowest BCUT2D eigenvalue weighted by atomic mass is 9.88. The number of nitrogens with zero attached hydrogens (tertiary/aromatic N) is 2. The van der Waals surface area contributed by atoms with Crippen LogP contribution in [0.5, 0.6) is 0 Å². The standard InChI is InChI=1S/C15H19N3/c1-12-3-2-4-14(9-12)13-5-7-18(8-6-13)15-10-16-17-11-15/h2-4,9-11,13H,5-8H2,1H3,(H,16,17). The van der Waals surface area contributed by atoms with Gasteiger partial charge in [-0.1, -0.05) is 29.8 Å². The summed E-state index contributed by atoms with van der Waals surface area (Å²) in [6.45, 7) is 4.42. The van der Waals surface area contributed by atoms with Gasteiger partial charge in [-0.05, 0) is 31.2 Å². The molecule has 3 heteroatoms. The van der Waals surface area contributed by atoms with Crippen LogP contribution in [0.2, 0.25) is 0 Å². The van der Waals surface area contributed by atoms with Crippen molar-refractivity contribution < 1.29 is 0 Å². The number of hydrogen-bond acceptors (Lipinski definition) is 2. The molecule has 0 atom stereocenters. The Hall–Kier alpha value is -1.77. The summed E-state index contributed by atoms with van der Waals surface area (Å²) in [6.07, 6.45) is 6.35. The van der Waals surface area contributed by atoms with Crippen molar-refractivity contribution in [3.8, 4) is 0 Å². The zero-order chi connectivity index (χ0) is 12.4. The van der Waals surface area contributed by atoms with Gasteiger partial charge in [0.1, 0.15) is 0 Å². The molecule has 18 heavy (non-hydrogen) atoms. The zero-order valence-corrected chi connectivity index (χ0v) is 10.8. The van der Waals surface area contributed by atoms with Crippen molar-refractivity contribution in [2.75, 3.05) is 18.0 Å². The minimum atomic E-state index is 0.716. The third kappa shape index (κ3) is 2.26. The molecule has 0 unspecified atom stereocenters. The predicted molar refractivity (Wildman–Crippen MR) is 74.0 cm³/mol. The number of rotatable bonds is 2. The van der Waals surface area contributed by atoms with E-state index in [1.54, 1.807) is 0 Å². The molecule has 2 aromatic rings. The number of aryl methyl sites for hydroxylation is 1. The average molecular weight is 241 g/mol. The topological polar surface area (TPSA) is 31.9 Å². The summed E-state index contributed by atoms with van der Waals surface area (Å²) >= 11 is 0. The van der Waals surface area contributed by atoms with Crippen LogP contribution < -0.4 is 4.90 Å². The summed E-state index contributed by atoms with van der Waals surface area (Å²) in [4.78, 5) is 2.41. The molecule has 0 amide bonds. The van der Waals surface area contributed by atoms with Gasteiger partial charge in [0.05, 0.1) is 11.9 Å². The molecule has 1 aromatic carbocycles. The Morgan fingerprint density at radius 2 is 2.11 bits per heavy atom. The molecular weight excluding hydrogens is 222 g/mol. The number of aromatic nitrogens is 2. The second-order valence-electron chi connectivity index (χ2n) is 5.13. The summed E-state index contributed by atoms with van der Waals surface area (Å²) in [5.41, 5.74) is 4.09. The molecule has 0 bridgehead atoms. The molecule has 1 fully saturated rings. The predicted octanol–water partition coefficient (Wildman–Crippen LogP) is 3.10. The molecule has 3 nitrogen and oxygen atoms in total. The molecule has 0 spiro atoms. The van der Waals surface area contributed by atoms with Gasteiger partial charge in [0.25, 0.3) is 0 Å². The number of nitrogens with one attached hydrogen (secondary N) is 1. The molecular formula is C15H19N3. The summed E-state index contributed by atoms with van der Waals surface area (Å²) in [5, 5.41) is 6.91. The van der Waals surface area contributed by atoms with E-state index >= 15 is 0 Å². The Morgan fingerprint density at radius 1 is 1.28 bits per heavy atom. The van der Waals surface area contributed by atoms with Crippen LogP contribution in [0.25, 0.3) is 0 Å². The highest BCUT2D eigenvalue weighted by Gasteiger charge is 2.21. The highest BCUT2D eigenvalue weighted by molar-refractivity contribution is 5.42. The van der Waals surface area contributed by atoms with Crippen LogP contribution in [0.15, 0.2) is 36.7 Å². The first kappa shape index (κ1) is 11.3. The van der Waals surface area contributed by atoms with E-state index in [1.165, 1.54) is 29.7 Å². The molecule has 1 aromatic heterocycles. The monoisotopic (exact) mass is 241 g/mol. The highest BCUT2D eigenvalue weighted by Crippen LogP contribution is 2.30. The first-order valence-electron chi connectivity index (χ1n) is 6.63. The maximum Gasteiger partial charge on any atom is 0.0749 e. The fourth-order valence-corrected chi connectivity index (χ4v) is 2.81. The van der Waals surface area contributed by atoms with Crippen LogP contribution in [0.1, 0.15) is 29.9 Å². The van der Waals surface area contributed by atoms with E-state index in [1.807, 2.05) is 12.4 Å². The minimum Gasteiger partial charge on any atom is -0.369 e. The van der Waals surface area contributed by atoms with E-state index < -0.39 is 0 Å². The van der Waals surface area contributed by atoms with Crippen LogP contribution >= 0.6 is 0 Å². The lowest BCUT2D eigenvalue weighted by molar-refractivity contribution is 0.505. The van der Waals surface area contributed by atoms with Crippen molar-refractivity contribution in [1.82, 2.24) is 10.2 Å². The minimum absolute atomic E-state index is 0.716. The normalized spacial score (nSPS) is 17.1. The Balaban J connectivity index is 1.67. The Kier molecular flexibility index (Phi) is 3.05. The summed E-state index contributed by atoms with van der Waals surface area (Å²) < 4.78 is 0. The molecule has 94 valence electrons. The molecule has 0 radical (unpaired) electrons. The largest absolute Gasteiger partial charge is 0.369 e. The van der Waals surface area contributed by atoms with Crippen molar-refractivity contribution in [2.45, 2.75) is 25.7 Å². The number of aromatic amines is 1. The van der Waals surface area contributed by atoms with Crippen molar-refractivity contribution >= 4 is 5.69 Å². The molecule has 0 aliphatic carbocycles. The molecule has 1 saturated heterocycles. The second kappa shape index (κ2) is 4.84. The number of hydrogen-bond donors (Lipinski definition) is 1. The molecule has 3 rings (SSSR count). The lowest BCUT2D eigenvalue weighted by Crippen LogP contribution is -2.32. The third-order valence-electron chi connectivity index (χ3n) is 3.86. The Labute approximate surface area is 108 Å². The fraction of sp³-hybridized carbons (Fsp3) is 0.400. The Morgan fingerprint density at radius 3 is 2.78 bits per heavy atom. The summed E-state index contributed by atoms with van der Waals surface area (Å²) in [6, 6.07) is 8.95. The molecule has 1 aliphatic rings. The zero-order valence-electron chi connectivity index (χ0n) is 10.8. The van der Waals surface area contributed by atoms with E-state index in [9.17, 15) is 0 Å². The number of H-pyrrole nitrogens is 1. The van der Waals surface area contributed by atoms with Crippen LogP contribution in [-0.4, -0.2) is 23.3 Å². The molecule has 0 saturated carbocycles. The van der Waals surface area contributed by atoms with Gasteiger partial charge in [0.15, 0.2) is 0 Å². The average Bonchev–Trinajstić information content (AvgIpc) is 2.93. The quantitative estimate of drug-likeness (QED) is 0.876. The van der Waals surface area contributed by atoms with Gasteiger partial charge in [0, 0.05) is 19.3 Å². The first-order chi connectivity index (χ1) is 8.83. The molecule has 1 aliphatic heterocycles. The van der Waals surface area contributed by atoms with Gasteiger partial charge in [-0.15, -0.1) is 0 Å². The summed E-state index contributed by atoms with van der Waals surface area (Å²) in [5.74, 6) is 0.716. The van der Waals surface area contributed by atoms with Crippen LogP contribution in [-0.2, 0) is 0 Å². The van der Waals surface area contributed by atoms with Crippen molar-refractivity contribution in [3.05, 3.63) is 47.8 Å². The highest BCUT2D eigenvalue weighted by atomic mass is 15.2. The first-order valence-corrected chi connectivity index (χ1v) is 6.63. The maximum absolute atomic E-state index is 4.02. The maximum atomic E-state index is 4.02. The van der Waals surface area contributed by atoms with E-state index in [-0.39, 0.29) is 0 Å². The van der Waals surface area contributed by atoms with Crippen molar-refractivity contribution in [3.63, 3.8) is 0 Å². The number of anilines is 1. The second-order valence-corrected chi connectivity index (χ2v) is 5.13. The number of benzene rings is 1. The van der Waals surface area contributed by atoms with Crippen molar-refractivity contribution in [1.29, 1.82) is 0 Å². The fourth-order valence-electron chi connectivity index (χ4n) is 2.81. The molecule has 2 heterocycles. The molecule has 1 N–H and O–H groups in total. The van der Waals surface area contributed by atoms with Crippen LogP contribution in [0.3, 0.4) is 0 Å². The van der Waals surface area contributed by atoms with Crippen molar-refractivity contribution in [2.24, 2.45) is 0 Å². The van der Waals surface area contributed by atoms with Gasteiger partial charge in [-0.3, -0.25) is 5.10 Å². The van der Waals surface area contributed by atoms with Gasteiger partial charge in [0.2, 0.25) is 0 Å². The summed E-state index contributed by atoms with van der Waals surface area (Å²) in [7, 11) is 0. The van der Waals surface area contributed by atoms with Crippen LogP contribution in [0.4, 0.5) is 5.69 Å². The third-order valence-corrected chi connectivity index (χ3v) is 3.86. The van der Waals surface area contributed by atoms with Gasteiger partial charge in [-0.25, -0.2) is 0 Å².